The first-order chi connectivity index (χ1) is 17.3. The lowest BCUT2D eigenvalue weighted by atomic mass is 9.96. The van der Waals surface area contributed by atoms with Crippen molar-refractivity contribution in [1.82, 2.24) is 14.8 Å². The molecule has 5 aromatic rings. The van der Waals surface area contributed by atoms with Gasteiger partial charge in [0, 0.05) is 5.69 Å². The molecule has 0 atom stereocenters. The van der Waals surface area contributed by atoms with Crippen LogP contribution >= 0.6 is 0 Å². The molecule has 0 aliphatic heterocycles. The summed E-state index contributed by atoms with van der Waals surface area (Å²) in [5.74, 6) is 0.146. The average Bonchev–Trinajstić information content (AvgIpc) is 3.51. The molecule has 2 aromatic carbocycles. The molecule has 6 heteroatoms. The summed E-state index contributed by atoms with van der Waals surface area (Å²) < 4.78 is 12.4. The Morgan fingerprint density at radius 1 is 0.944 bits per heavy atom. The largest absolute Gasteiger partial charge is 0.465 e. The number of aryl methyl sites for hydroxylation is 3. The highest BCUT2D eigenvalue weighted by Gasteiger charge is 2.21. The molecule has 0 saturated carbocycles. The fourth-order valence-electron chi connectivity index (χ4n) is 4.65. The van der Waals surface area contributed by atoms with Crippen molar-refractivity contribution in [3.05, 3.63) is 105 Å². The molecule has 0 spiro atoms. The van der Waals surface area contributed by atoms with E-state index in [2.05, 4.69) is 62.2 Å². The van der Waals surface area contributed by atoms with Crippen LogP contribution in [-0.2, 0) is 17.7 Å². The third-order valence-corrected chi connectivity index (χ3v) is 6.89. The van der Waals surface area contributed by atoms with Crippen LogP contribution in [0.2, 0.25) is 0 Å². The molecule has 0 N–H and O–H groups in total. The lowest BCUT2D eigenvalue weighted by molar-refractivity contribution is 0.0603. The Kier molecular flexibility index (Phi) is 6.18. The second kappa shape index (κ2) is 9.46. The maximum absolute atomic E-state index is 12.6. The number of furan rings is 1. The quantitative estimate of drug-likeness (QED) is 0.265. The van der Waals surface area contributed by atoms with Gasteiger partial charge in [0.2, 0.25) is 0 Å². The summed E-state index contributed by atoms with van der Waals surface area (Å²) in [5.41, 5.74) is 10.1. The Balaban J connectivity index is 1.44. The van der Waals surface area contributed by atoms with Crippen LogP contribution in [0.1, 0.15) is 49.4 Å². The standard InChI is InChI=1S/C30H29N3O3/c1-18-13-24(14-19(2)20(18)3)15-22-8-10-23(11-9-22)17-33-21(4)28-25(30(34)35-5)16-26(31-29(28)32-33)27-7-6-12-36-27/h6-14,16H,15,17H2,1-5H3. The first kappa shape index (κ1) is 23.5. The molecule has 5 rings (SSSR count). The number of carbonyl (C=O) groups excluding carboxylic acids is 1. The van der Waals surface area contributed by atoms with Crippen molar-refractivity contribution in [2.45, 2.75) is 40.7 Å². The summed E-state index contributed by atoms with van der Waals surface area (Å²) in [6.07, 6.45) is 2.47. The van der Waals surface area contributed by atoms with Crippen molar-refractivity contribution < 1.29 is 13.9 Å². The van der Waals surface area contributed by atoms with Gasteiger partial charge in [0.25, 0.3) is 0 Å². The Hall–Kier alpha value is -4.19. The van der Waals surface area contributed by atoms with Crippen molar-refractivity contribution in [1.29, 1.82) is 0 Å². The minimum atomic E-state index is -0.427. The van der Waals surface area contributed by atoms with Gasteiger partial charge in [-0.3, -0.25) is 4.68 Å². The first-order valence-corrected chi connectivity index (χ1v) is 12.0. The normalized spacial score (nSPS) is 11.2. The van der Waals surface area contributed by atoms with Gasteiger partial charge < -0.3 is 9.15 Å². The van der Waals surface area contributed by atoms with Crippen molar-refractivity contribution >= 4 is 17.0 Å². The van der Waals surface area contributed by atoms with Gasteiger partial charge >= 0.3 is 5.97 Å². The van der Waals surface area contributed by atoms with Gasteiger partial charge in [-0.15, -0.1) is 0 Å². The fraction of sp³-hybridized carbons (Fsp3) is 0.233. The third-order valence-electron chi connectivity index (χ3n) is 6.89. The summed E-state index contributed by atoms with van der Waals surface area (Å²) in [4.78, 5) is 17.3. The number of hydrogen-bond donors (Lipinski definition) is 0. The van der Waals surface area contributed by atoms with E-state index in [1.807, 2.05) is 11.6 Å². The Morgan fingerprint density at radius 3 is 2.28 bits per heavy atom. The second-order valence-electron chi connectivity index (χ2n) is 9.31. The molecule has 3 heterocycles. The molecular formula is C30H29N3O3. The fourth-order valence-corrected chi connectivity index (χ4v) is 4.65. The van der Waals surface area contributed by atoms with Gasteiger partial charge in [0.15, 0.2) is 11.4 Å². The lowest BCUT2D eigenvalue weighted by Gasteiger charge is -2.10. The molecule has 3 aromatic heterocycles. The average molecular weight is 480 g/mol. The zero-order chi connectivity index (χ0) is 25.4. The van der Waals surface area contributed by atoms with Crippen LogP contribution in [0, 0.1) is 27.7 Å². The van der Waals surface area contributed by atoms with Crippen LogP contribution in [0.3, 0.4) is 0 Å². The molecule has 0 unspecified atom stereocenters. The maximum atomic E-state index is 12.6. The van der Waals surface area contributed by atoms with Gasteiger partial charge in [-0.05, 0) is 85.7 Å². The number of benzene rings is 2. The van der Waals surface area contributed by atoms with E-state index in [1.54, 1.807) is 24.5 Å². The smallest absolute Gasteiger partial charge is 0.338 e. The summed E-state index contributed by atoms with van der Waals surface area (Å²) >= 11 is 0. The zero-order valence-corrected chi connectivity index (χ0v) is 21.3. The Morgan fingerprint density at radius 2 is 1.64 bits per heavy atom. The molecular weight excluding hydrogens is 450 g/mol. The van der Waals surface area contributed by atoms with Gasteiger partial charge in [-0.25, -0.2) is 9.78 Å². The van der Waals surface area contributed by atoms with Crippen LogP contribution in [0.15, 0.2) is 65.3 Å². The maximum Gasteiger partial charge on any atom is 0.338 e. The van der Waals surface area contributed by atoms with E-state index in [9.17, 15) is 4.79 Å². The van der Waals surface area contributed by atoms with Crippen LogP contribution in [0.5, 0.6) is 0 Å². The summed E-state index contributed by atoms with van der Waals surface area (Å²) in [6.45, 7) is 9.03. The van der Waals surface area contributed by atoms with E-state index in [4.69, 9.17) is 14.3 Å². The van der Waals surface area contributed by atoms with Crippen molar-refractivity contribution in [2.24, 2.45) is 0 Å². The Labute approximate surface area is 210 Å². The highest BCUT2D eigenvalue weighted by Crippen LogP contribution is 2.28. The van der Waals surface area contributed by atoms with E-state index in [0.717, 1.165) is 17.7 Å². The molecule has 36 heavy (non-hydrogen) atoms. The summed E-state index contributed by atoms with van der Waals surface area (Å²) in [7, 11) is 1.38. The number of pyridine rings is 1. The minimum absolute atomic E-state index is 0.427. The second-order valence-corrected chi connectivity index (χ2v) is 9.31. The molecule has 6 nitrogen and oxygen atoms in total. The predicted octanol–water partition coefficient (Wildman–Crippen LogP) is 6.35. The number of fused-ring (bicyclic) bond motifs is 1. The molecule has 0 radical (unpaired) electrons. The lowest BCUT2D eigenvalue weighted by Crippen LogP contribution is -2.05. The van der Waals surface area contributed by atoms with Crippen LogP contribution in [-0.4, -0.2) is 27.8 Å². The first-order valence-electron chi connectivity index (χ1n) is 12.0. The van der Waals surface area contributed by atoms with Crippen molar-refractivity contribution in [3.63, 3.8) is 0 Å². The van der Waals surface area contributed by atoms with Crippen LogP contribution in [0.25, 0.3) is 22.5 Å². The molecule has 0 amide bonds. The van der Waals surface area contributed by atoms with Gasteiger partial charge in [-0.2, -0.15) is 5.10 Å². The van der Waals surface area contributed by atoms with Gasteiger partial charge in [0.05, 0.1) is 30.9 Å². The van der Waals surface area contributed by atoms with E-state index >= 15 is 0 Å². The highest BCUT2D eigenvalue weighted by molar-refractivity contribution is 6.04. The third kappa shape index (κ3) is 4.42. The number of hydrogen-bond acceptors (Lipinski definition) is 5. The highest BCUT2D eigenvalue weighted by atomic mass is 16.5. The SMILES string of the molecule is COC(=O)c1cc(-c2ccco2)nc2nn(Cc3ccc(Cc4cc(C)c(C)c(C)c4)cc3)c(C)c12. The molecule has 182 valence electrons. The van der Waals surface area contributed by atoms with Crippen LogP contribution in [0.4, 0.5) is 0 Å². The number of ether oxygens (including phenoxy) is 1. The zero-order valence-electron chi connectivity index (χ0n) is 21.3. The topological polar surface area (TPSA) is 70.2 Å². The molecule has 0 bridgehead atoms. The van der Waals surface area contributed by atoms with Crippen LogP contribution < -0.4 is 0 Å². The minimum Gasteiger partial charge on any atom is -0.465 e. The van der Waals surface area contributed by atoms with Crippen molar-refractivity contribution in [3.8, 4) is 11.5 Å². The van der Waals surface area contributed by atoms with E-state index < -0.39 is 5.97 Å². The van der Waals surface area contributed by atoms with Crippen molar-refractivity contribution in [2.75, 3.05) is 7.11 Å². The Bertz CT molecular complexity index is 1540. The van der Waals surface area contributed by atoms with Gasteiger partial charge in [0.1, 0.15) is 5.69 Å². The predicted molar refractivity (Wildman–Crippen MR) is 140 cm³/mol. The molecule has 0 aliphatic carbocycles. The molecule has 0 fully saturated rings. The monoisotopic (exact) mass is 479 g/mol. The van der Waals surface area contributed by atoms with E-state index in [0.29, 0.717) is 34.6 Å². The number of nitrogens with zero attached hydrogens (tertiary/aromatic N) is 3. The number of methoxy groups -OCH3 is 1. The summed E-state index contributed by atoms with van der Waals surface area (Å²) in [6, 6.07) is 18.5. The number of rotatable bonds is 6. The van der Waals surface area contributed by atoms with Gasteiger partial charge in [-0.1, -0.05) is 36.4 Å². The number of esters is 1. The van der Waals surface area contributed by atoms with E-state index in [-0.39, 0.29) is 0 Å². The number of carbonyl (C=O) groups is 1. The molecule has 0 saturated heterocycles. The number of aromatic nitrogens is 3. The molecule has 0 aliphatic rings. The summed E-state index contributed by atoms with van der Waals surface area (Å²) in [5, 5.41) is 5.42. The van der Waals surface area contributed by atoms with E-state index in [1.165, 1.54) is 34.9 Å².